The summed E-state index contributed by atoms with van der Waals surface area (Å²) in [6.45, 7) is 11.0. The van der Waals surface area contributed by atoms with E-state index in [1.165, 1.54) is 27.7 Å². The Hall–Kier alpha value is -2.70. The molecule has 3 heterocycles. The number of aliphatic hydroxyl groups excluding tert-OH is 1. The first-order valence-electron chi connectivity index (χ1n) is 15.2. The Morgan fingerprint density at radius 1 is 1.05 bits per heavy atom. The monoisotopic (exact) mass is 608 g/mol. The maximum absolute atomic E-state index is 13.6. The molecule has 2 aliphatic carbocycles. The van der Waals surface area contributed by atoms with Crippen molar-refractivity contribution in [3.05, 3.63) is 12.3 Å². The van der Waals surface area contributed by atoms with Crippen LogP contribution in [0, 0.1) is 28.6 Å². The molecule has 1 spiro atoms. The molecule has 0 aromatic heterocycles. The third-order valence-electron chi connectivity index (χ3n) is 11.0. The standard InChI is InChI=1S/C31H44O12/c1-8-28(6,43-19(5)34)27(36)42-25-21(35)13-22-29(7,23-12-20-9-10-37-26(20)41-23)16(2)11-24(40-18(4)33)30(22,14-38-17(3)32)31(25)15-39-31/h9-10,16,20-26,35H,8,11-15H2,1-7H3/t16-,20+,21+,22+,23-,24-,25-,26-,28+,29-,30-,31+/m0/s1. The van der Waals surface area contributed by atoms with E-state index in [0.29, 0.717) is 12.8 Å². The fraction of sp³-hybridized carbons (Fsp3) is 0.806. The van der Waals surface area contributed by atoms with E-state index in [4.69, 9.17) is 33.2 Å². The summed E-state index contributed by atoms with van der Waals surface area (Å²) >= 11 is 0. The molecule has 2 saturated carbocycles. The SMILES string of the molecule is CC[C@@](C)(OC(C)=O)C(=O)O[C@H]1[C@H](O)C[C@@H]2[C@@](C)([C@@H]3C[C@H]4C=CO[C@H]4O3)[C@@H](C)C[C@H](OC(C)=O)[C@@]2(COC(C)=O)[C@@]12CO2. The number of rotatable bonds is 8. The third kappa shape index (κ3) is 4.93. The van der Waals surface area contributed by atoms with E-state index in [9.17, 15) is 24.3 Å². The van der Waals surface area contributed by atoms with Gasteiger partial charge in [0.2, 0.25) is 11.9 Å². The lowest BCUT2D eigenvalue weighted by atomic mass is 9.41. The van der Waals surface area contributed by atoms with Crippen LogP contribution in [0.15, 0.2) is 12.3 Å². The summed E-state index contributed by atoms with van der Waals surface area (Å²) < 4.78 is 41.5. The van der Waals surface area contributed by atoms with Gasteiger partial charge in [-0.25, -0.2) is 4.79 Å². The van der Waals surface area contributed by atoms with Crippen LogP contribution in [0.1, 0.15) is 74.1 Å². The predicted octanol–water partition coefficient (Wildman–Crippen LogP) is 2.58. The number of epoxide rings is 1. The number of ether oxygens (including phenoxy) is 7. The molecule has 5 rings (SSSR count). The Balaban J connectivity index is 1.61. The van der Waals surface area contributed by atoms with Crippen LogP contribution < -0.4 is 0 Å². The number of carbonyl (C=O) groups is 4. The van der Waals surface area contributed by atoms with E-state index < -0.39 is 76.4 Å². The maximum Gasteiger partial charge on any atom is 0.350 e. The molecule has 43 heavy (non-hydrogen) atoms. The Labute approximate surface area is 251 Å². The molecule has 12 nitrogen and oxygen atoms in total. The van der Waals surface area contributed by atoms with Crippen LogP contribution in [0.2, 0.25) is 0 Å². The van der Waals surface area contributed by atoms with Crippen molar-refractivity contribution in [1.29, 1.82) is 0 Å². The lowest BCUT2D eigenvalue weighted by Gasteiger charge is -2.65. The zero-order valence-corrected chi connectivity index (χ0v) is 26.0. The van der Waals surface area contributed by atoms with Gasteiger partial charge in [0.1, 0.15) is 18.3 Å². The minimum atomic E-state index is -1.60. The number of carbonyl (C=O) groups excluding carboxylic acids is 4. The number of esters is 4. The average molecular weight is 609 g/mol. The topological polar surface area (TPSA) is 156 Å². The predicted molar refractivity (Wildman–Crippen MR) is 147 cm³/mol. The van der Waals surface area contributed by atoms with Gasteiger partial charge in [0.25, 0.3) is 0 Å². The fourth-order valence-electron chi connectivity index (χ4n) is 8.42. The summed E-state index contributed by atoms with van der Waals surface area (Å²) in [4.78, 5) is 50.3. The molecule has 12 heteroatoms. The normalized spacial score (nSPS) is 43.9. The molecular weight excluding hydrogens is 564 g/mol. The number of hydrogen-bond acceptors (Lipinski definition) is 12. The van der Waals surface area contributed by atoms with Crippen LogP contribution in [0.4, 0.5) is 0 Å². The molecule has 0 aromatic carbocycles. The van der Waals surface area contributed by atoms with Crippen molar-refractivity contribution in [3.63, 3.8) is 0 Å². The molecule has 240 valence electrons. The van der Waals surface area contributed by atoms with Crippen molar-refractivity contribution in [1.82, 2.24) is 0 Å². The number of aliphatic hydroxyl groups is 1. The Morgan fingerprint density at radius 2 is 1.74 bits per heavy atom. The van der Waals surface area contributed by atoms with Crippen LogP contribution in [0.3, 0.4) is 0 Å². The lowest BCUT2D eigenvalue weighted by molar-refractivity contribution is -0.285. The van der Waals surface area contributed by atoms with Crippen molar-refractivity contribution in [2.24, 2.45) is 28.6 Å². The van der Waals surface area contributed by atoms with Crippen LogP contribution in [-0.2, 0) is 52.3 Å². The van der Waals surface area contributed by atoms with Gasteiger partial charge in [0.05, 0.1) is 30.5 Å². The van der Waals surface area contributed by atoms with E-state index in [1.54, 1.807) is 13.2 Å². The van der Waals surface area contributed by atoms with Crippen LogP contribution in [0.25, 0.3) is 0 Å². The van der Waals surface area contributed by atoms with Gasteiger partial charge in [-0.15, -0.1) is 0 Å². The molecule has 0 bridgehead atoms. The first-order valence-corrected chi connectivity index (χ1v) is 15.2. The van der Waals surface area contributed by atoms with Crippen molar-refractivity contribution < 1.29 is 57.4 Å². The van der Waals surface area contributed by atoms with Gasteiger partial charge >= 0.3 is 23.9 Å². The zero-order valence-electron chi connectivity index (χ0n) is 26.0. The van der Waals surface area contributed by atoms with Crippen molar-refractivity contribution in [3.8, 4) is 0 Å². The molecule has 2 saturated heterocycles. The largest absolute Gasteiger partial charge is 0.472 e. The van der Waals surface area contributed by atoms with Crippen LogP contribution in [0.5, 0.6) is 0 Å². The van der Waals surface area contributed by atoms with Gasteiger partial charge in [-0.3, -0.25) is 14.4 Å². The van der Waals surface area contributed by atoms with E-state index in [2.05, 4.69) is 13.8 Å². The average Bonchev–Trinajstić information content (AvgIpc) is 3.40. The summed E-state index contributed by atoms with van der Waals surface area (Å²) in [6, 6.07) is 0. The quantitative estimate of drug-likeness (QED) is 0.244. The Kier molecular flexibility index (Phi) is 8.13. The first kappa shape index (κ1) is 31.7. The smallest absolute Gasteiger partial charge is 0.350 e. The van der Waals surface area contributed by atoms with Gasteiger partial charge in [0.15, 0.2) is 6.10 Å². The number of fused-ring (bicyclic) bond motifs is 3. The van der Waals surface area contributed by atoms with Gasteiger partial charge in [-0.2, -0.15) is 0 Å². The highest BCUT2D eigenvalue weighted by molar-refractivity contribution is 5.82. The number of hydrogen-bond donors (Lipinski definition) is 1. The zero-order chi connectivity index (χ0) is 31.5. The Bertz CT molecular complexity index is 1180. The second-order valence-corrected chi connectivity index (χ2v) is 13.3. The van der Waals surface area contributed by atoms with E-state index in [1.807, 2.05) is 6.08 Å². The van der Waals surface area contributed by atoms with Gasteiger partial charge in [0, 0.05) is 32.1 Å². The third-order valence-corrected chi connectivity index (χ3v) is 11.0. The van der Waals surface area contributed by atoms with Crippen molar-refractivity contribution in [2.75, 3.05) is 13.2 Å². The molecule has 3 aliphatic heterocycles. The molecule has 5 aliphatic rings. The molecule has 12 atom stereocenters. The second-order valence-electron chi connectivity index (χ2n) is 13.3. The van der Waals surface area contributed by atoms with E-state index in [0.717, 1.165) is 0 Å². The van der Waals surface area contributed by atoms with Crippen LogP contribution in [-0.4, -0.2) is 84.1 Å². The first-order chi connectivity index (χ1) is 20.1. The summed E-state index contributed by atoms with van der Waals surface area (Å²) in [5.74, 6) is -2.99. The minimum Gasteiger partial charge on any atom is -0.472 e. The highest BCUT2D eigenvalue weighted by Crippen LogP contribution is 2.70. The van der Waals surface area contributed by atoms with Gasteiger partial charge in [-0.1, -0.05) is 20.8 Å². The molecule has 4 fully saturated rings. The summed E-state index contributed by atoms with van der Waals surface area (Å²) in [5, 5.41) is 11.8. The van der Waals surface area contributed by atoms with E-state index >= 15 is 0 Å². The molecule has 1 N–H and O–H groups in total. The Morgan fingerprint density at radius 3 is 2.30 bits per heavy atom. The fourth-order valence-corrected chi connectivity index (χ4v) is 8.42. The highest BCUT2D eigenvalue weighted by Gasteiger charge is 2.81. The summed E-state index contributed by atoms with van der Waals surface area (Å²) in [7, 11) is 0. The minimum absolute atomic E-state index is 0.0566. The van der Waals surface area contributed by atoms with Crippen LogP contribution >= 0.6 is 0 Å². The van der Waals surface area contributed by atoms with E-state index in [-0.39, 0.29) is 44.0 Å². The van der Waals surface area contributed by atoms with Crippen molar-refractivity contribution >= 4 is 23.9 Å². The highest BCUT2D eigenvalue weighted by atomic mass is 16.7. The molecule has 0 aromatic rings. The molecule has 0 unspecified atom stereocenters. The van der Waals surface area contributed by atoms with Gasteiger partial charge in [-0.05, 0) is 50.5 Å². The van der Waals surface area contributed by atoms with Gasteiger partial charge < -0.3 is 38.3 Å². The lowest BCUT2D eigenvalue weighted by Crippen LogP contribution is -2.74. The maximum atomic E-state index is 13.6. The molecule has 0 amide bonds. The molecule has 0 radical (unpaired) electrons. The molecular formula is C31H44O12. The second kappa shape index (κ2) is 11.0. The summed E-state index contributed by atoms with van der Waals surface area (Å²) in [5.41, 5.74) is -4.80. The summed E-state index contributed by atoms with van der Waals surface area (Å²) in [6.07, 6.45) is 1.03. The van der Waals surface area contributed by atoms with Crippen molar-refractivity contribution in [2.45, 2.75) is 116 Å².